The molecule has 36 heavy (non-hydrogen) atoms. The Morgan fingerprint density at radius 1 is 0.611 bits per heavy atom. The van der Waals surface area contributed by atoms with Crippen LogP contribution in [-0.2, 0) is 28.5 Å². The van der Waals surface area contributed by atoms with Crippen molar-refractivity contribution in [3.05, 3.63) is 48.6 Å². The topological polar surface area (TPSA) is 77.7 Å². The SMILES string of the molecule is C1=CCC=C1.C1=CCC=C1.O=C(CCCCC(=O)OCC1CCC2OC2C1)OCC1CCC2OC2C1. The van der Waals surface area contributed by atoms with Crippen molar-refractivity contribution in [1.29, 1.82) is 0 Å². The van der Waals surface area contributed by atoms with Gasteiger partial charge >= 0.3 is 11.9 Å². The van der Waals surface area contributed by atoms with E-state index in [4.69, 9.17) is 18.9 Å². The van der Waals surface area contributed by atoms with Gasteiger partial charge in [0.15, 0.2) is 0 Å². The molecule has 2 heterocycles. The number of hydrogen-bond acceptors (Lipinski definition) is 6. The van der Waals surface area contributed by atoms with E-state index in [2.05, 4.69) is 48.6 Å². The summed E-state index contributed by atoms with van der Waals surface area (Å²) in [6, 6.07) is 0. The number of hydrogen-bond donors (Lipinski definition) is 0. The summed E-state index contributed by atoms with van der Waals surface area (Å²) >= 11 is 0. The Morgan fingerprint density at radius 3 is 1.36 bits per heavy atom. The summed E-state index contributed by atoms with van der Waals surface area (Å²) in [5.74, 6) is 0.597. The highest BCUT2D eigenvalue weighted by Crippen LogP contribution is 2.40. The minimum Gasteiger partial charge on any atom is -0.465 e. The molecule has 0 aromatic carbocycles. The quantitative estimate of drug-likeness (QED) is 0.228. The van der Waals surface area contributed by atoms with Gasteiger partial charge in [-0.25, -0.2) is 0 Å². The van der Waals surface area contributed by atoms with E-state index < -0.39 is 0 Å². The van der Waals surface area contributed by atoms with Crippen molar-refractivity contribution in [2.24, 2.45) is 11.8 Å². The molecule has 6 nitrogen and oxygen atoms in total. The van der Waals surface area contributed by atoms with E-state index in [9.17, 15) is 9.59 Å². The van der Waals surface area contributed by atoms with E-state index in [1.807, 2.05) is 0 Å². The number of allylic oxidation sites excluding steroid dienone is 8. The van der Waals surface area contributed by atoms with Crippen LogP contribution in [0, 0.1) is 11.8 Å². The van der Waals surface area contributed by atoms with E-state index in [-0.39, 0.29) is 11.9 Å². The summed E-state index contributed by atoms with van der Waals surface area (Å²) in [5, 5.41) is 0. The predicted molar refractivity (Wildman–Crippen MR) is 138 cm³/mol. The molecular weight excluding hydrogens is 456 g/mol. The van der Waals surface area contributed by atoms with Crippen LogP contribution in [0.25, 0.3) is 0 Å². The molecular formula is C30H42O6. The van der Waals surface area contributed by atoms with Crippen LogP contribution < -0.4 is 0 Å². The highest BCUT2D eigenvalue weighted by Gasteiger charge is 2.44. The maximum absolute atomic E-state index is 11.8. The molecule has 4 aliphatic carbocycles. The van der Waals surface area contributed by atoms with Crippen LogP contribution in [-0.4, -0.2) is 49.6 Å². The zero-order valence-corrected chi connectivity index (χ0v) is 21.4. The Bertz CT molecular complexity index is 739. The van der Waals surface area contributed by atoms with Crippen molar-refractivity contribution in [2.75, 3.05) is 13.2 Å². The average Bonchev–Trinajstić information content (AvgIpc) is 3.62. The van der Waals surface area contributed by atoms with Gasteiger partial charge in [-0.3, -0.25) is 9.59 Å². The molecule has 6 atom stereocenters. The maximum atomic E-state index is 11.8. The van der Waals surface area contributed by atoms with E-state index in [1.54, 1.807) is 0 Å². The Balaban J connectivity index is 0.000000251. The molecule has 2 aliphatic heterocycles. The van der Waals surface area contributed by atoms with Gasteiger partial charge in [0.1, 0.15) is 0 Å². The molecule has 4 fully saturated rings. The molecule has 2 saturated heterocycles. The Labute approximate surface area is 215 Å². The molecule has 198 valence electrons. The predicted octanol–water partition coefficient (Wildman–Crippen LogP) is 5.77. The fourth-order valence-electron chi connectivity index (χ4n) is 5.17. The first-order chi connectivity index (χ1) is 17.7. The van der Waals surface area contributed by atoms with Gasteiger partial charge in [0, 0.05) is 12.8 Å². The summed E-state index contributed by atoms with van der Waals surface area (Å²) < 4.78 is 21.7. The smallest absolute Gasteiger partial charge is 0.305 e. The first-order valence-corrected chi connectivity index (χ1v) is 13.9. The molecule has 0 aromatic heterocycles. The van der Waals surface area contributed by atoms with E-state index in [1.165, 1.54) is 0 Å². The monoisotopic (exact) mass is 498 g/mol. The second-order valence-corrected chi connectivity index (χ2v) is 10.5. The molecule has 0 spiro atoms. The van der Waals surface area contributed by atoms with Gasteiger partial charge in [0.2, 0.25) is 0 Å². The Morgan fingerprint density at radius 2 is 1.03 bits per heavy atom. The molecule has 6 heteroatoms. The van der Waals surface area contributed by atoms with Crippen molar-refractivity contribution in [3.8, 4) is 0 Å². The molecule has 6 rings (SSSR count). The van der Waals surface area contributed by atoms with Crippen LogP contribution in [0.3, 0.4) is 0 Å². The van der Waals surface area contributed by atoms with Gasteiger partial charge < -0.3 is 18.9 Å². The summed E-state index contributed by atoms with van der Waals surface area (Å²) in [6.45, 7) is 1.03. The largest absolute Gasteiger partial charge is 0.465 e. The number of ether oxygens (including phenoxy) is 4. The second-order valence-electron chi connectivity index (χ2n) is 10.5. The Hall–Kier alpha value is -2.18. The van der Waals surface area contributed by atoms with Crippen molar-refractivity contribution in [1.82, 2.24) is 0 Å². The third-order valence-corrected chi connectivity index (χ3v) is 7.51. The van der Waals surface area contributed by atoms with Crippen LogP contribution in [0.4, 0.5) is 0 Å². The van der Waals surface area contributed by atoms with Crippen LogP contribution in [0.2, 0.25) is 0 Å². The molecule has 6 unspecified atom stereocenters. The van der Waals surface area contributed by atoms with Crippen molar-refractivity contribution < 1.29 is 28.5 Å². The third-order valence-electron chi connectivity index (χ3n) is 7.51. The lowest BCUT2D eigenvalue weighted by Crippen LogP contribution is -2.20. The summed E-state index contributed by atoms with van der Waals surface area (Å²) in [4.78, 5) is 23.6. The molecule has 0 N–H and O–H groups in total. The van der Waals surface area contributed by atoms with Gasteiger partial charge in [-0.2, -0.15) is 0 Å². The first kappa shape index (κ1) is 26.9. The van der Waals surface area contributed by atoms with Gasteiger partial charge in [-0.05, 0) is 76.0 Å². The molecule has 6 aliphatic rings. The van der Waals surface area contributed by atoms with Gasteiger partial charge in [-0.1, -0.05) is 48.6 Å². The van der Waals surface area contributed by atoms with Crippen molar-refractivity contribution in [3.63, 3.8) is 0 Å². The number of esters is 2. The van der Waals surface area contributed by atoms with Crippen LogP contribution in [0.1, 0.15) is 77.0 Å². The van der Waals surface area contributed by atoms with Gasteiger partial charge in [-0.15, -0.1) is 0 Å². The molecule has 0 radical (unpaired) electrons. The maximum Gasteiger partial charge on any atom is 0.305 e. The zero-order valence-electron chi connectivity index (χ0n) is 21.4. The molecule has 0 bridgehead atoms. The second kappa shape index (κ2) is 14.5. The van der Waals surface area contributed by atoms with Gasteiger partial charge in [0.25, 0.3) is 0 Å². The highest BCUT2D eigenvalue weighted by molar-refractivity contribution is 5.70. The van der Waals surface area contributed by atoms with Crippen LogP contribution in [0.5, 0.6) is 0 Å². The molecule has 2 saturated carbocycles. The third kappa shape index (κ3) is 10.1. The standard InChI is InChI=1S/C20H30O6.2C5H6/c21-19(23-11-13-5-7-15-17(9-13)25-15)3-1-2-4-20(22)24-12-14-6-8-16-18(10-14)26-16;2*1-2-4-5-3-1/h13-18H,1-12H2;2*1-4H,5H2. The van der Waals surface area contributed by atoms with E-state index >= 15 is 0 Å². The lowest BCUT2D eigenvalue weighted by molar-refractivity contribution is -0.147. The minimum atomic E-state index is -0.154. The summed E-state index contributed by atoms with van der Waals surface area (Å²) in [6.07, 6.45) is 29.4. The number of unbranched alkanes of at least 4 members (excludes halogenated alkanes) is 1. The molecule has 0 amide bonds. The number of carbonyl (C=O) groups excluding carboxylic acids is 2. The van der Waals surface area contributed by atoms with Crippen molar-refractivity contribution in [2.45, 2.75) is 101 Å². The van der Waals surface area contributed by atoms with Gasteiger partial charge in [0.05, 0.1) is 37.6 Å². The summed E-state index contributed by atoms with van der Waals surface area (Å²) in [7, 11) is 0. The van der Waals surface area contributed by atoms with E-state index in [0.717, 1.165) is 51.4 Å². The van der Waals surface area contributed by atoms with Crippen LogP contribution in [0.15, 0.2) is 48.6 Å². The normalized spacial score (nSPS) is 31.8. The fraction of sp³-hybridized carbons (Fsp3) is 0.667. The van der Waals surface area contributed by atoms with Crippen molar-refractivity contribution >= 4 is 11.9 Å². The minimum absolute atomic E-state index is 0.154. The highest BCUT2D eigenvalue weighted by atomic mass is 16.6. The first-order valence-electron chi connectivity index (χ1n) is 13.9. The van der Waals surface area contributed by atoms with Crippen LogP contribution >= 0.6 is 0 Å². The Kier molecular flexibility index (Phi) is 10.8. The number of fused-ring (bicyclic) bond motifs is 2. The number of rotatable bonds is 9. The lowest BCUT2D eigenvalue weighted by atomic mass is 9.90. The zero-order chi connectivity index (χ0) is 25.0. The summed E-state index contributed by atoms with van der Waals surface area (Å²) in [5.41, 5.74) is 0. The fourth-order valence-corrected chi connectivity index (χ4v) is 5.17. The average molecular weight is 499 g/mol. The van der Waals surface area contributed by atoms with E-state index in [0.29, 0.717) is 75.1 Å². The lowest BCUT2D eigenvalue weighted by Gasteiger charge is -2.18. The number of epoxide rings is 2. The number of carbonyl (C=O) groups is 2. The molecule has 0 aromatic rings.